The van der Waals surface area contributed by atoms with E-state index in [-0.39, 0.29) is 41.0 Å². The van der Waals surface area contributed by atoms with Crippen LogP contribution in [0.1, 0.15) is 0 Å². The Morgan fingerprint density at radius 2 is 1.27 bits per heavy atom. The summed E-state index contributed by atoms with van der Waals surface area (Å²) in [7, 11) is -8.00. The van der Waals surface area contributed by atoms with Crippen molar-refractivity contribution in [2.24, 2.45) is 0 Å². The van der Waals surface area contributed by atoms with Crippen molar-refractivity contribution in [3.8, 4) is 5.75 Å². The van der Waals surface area contributed by atoms with E-state index in [0.29, 0.717) is 0 Å². The molecule has 1 heterocycles. The summed E-state index contributed by atoms with van der Waals surface area (Å²) in [5.74, 6) is -0.661. The van der Waals surface area contributed by atoms with Gasteiger partial charge >= 0.3 is 6.36 Å². The first-order valence-corrected chi connectivity index (χ1v) is 11.8. The highest BCUT2D eigenvalue weighted by atomic mass is 35.5. The Morgan fingerprint density at radius 1 is 0.800 bits per heavy atom. The van der Waals surface area contributed by atoms with Crippen LogP contribution >= 0.6 is 11.6 Å². The monoisotopic (exact) mass is 484 g/mol. The van der Waals surface area contributed by atoms with E-state index < -0.39 is 32.2 Å². The van der Waals surface area contributed by atoms with E-state index in [1.165, 1.54) is 24.3 Å². The fourth-order valence-corrected chi connectivity index (χ4v) is 6.09. The number of ether oxygens (including phenoxy) is 1. The lowest BCUT2D eigenvalue weighted by Gasteiger charge is -2.33. The molecule has 0 bridgehead atoms. The average molecular weight is 485 g/mol. The van der Waals surface area contributed by atoms with Gasteiger partial charge in [-0.2, -0.15) is 8.61 Å². The number of hydrogen-bond acceptors (Lipinski definition) is 5. The first-order valence-electron chi connectivity index (χ1n) is 8.51. The molecule has 0 aliphatic carbocycles. The van der Waals surface area contributed by atoms with Crippen molar-refractivity contribution in [3.63, 3.8) is 0 Å². The molecular formula is C17H16ClF3N2O5S2. The van der Waals surface area contributed by atoms with E-state index in [1.54, 1.807) is 0 Å². The summed E-state index contributed by atoms with van der Waals surface area (Å²) >= 11 is 5.84. The molecule has 0 unspecified atom stereocenters. The van der Waals surface area contributed by atoms with Gasteiger partial charge in [-0.25, -0.2) is 16.8 Å². The summed E-state index contributed by atoms with van der Waals surface area (Å²) in [6.07, 6.45) is -4.96. The molecule has 3 rings (SSSR count). The van der Waals surface area contributed by atoms with Crippen LogP contribution in [0.25, 0.3) is 0 Å². The number of benzene rings is 2. The molecule has 0 saturated carbocycles. The van der Waals surface area contributed by atoms with Gasteiger partial charge in [0.2, 0.25) is 20.0 Å². The average Bonchev–Trinajstić information content (AvgIpc) is 2.67. The maximum Gasteiger partial charge on any atom is 0.573 e. The van der Waals surface area contributed by atoms with Crippen molar-refractivity contribution in [3.05, 3.63) is 53.6 Å². The van der Waals surface area contributed by atoms with E-state index >= 15 is 0 Å². The van der Waals surface area contributed by atoms with Gasteiger partial charge in [-0.05, 0) is 30.3 Å². The number of halogens is 4. The number of sulfonamides is 2. The quantitative estimate of drug-likeness (QED) is 0.651. The molecule has 2 aromatic rings. The highest BCUT2D eigenvalue weighted by molar-refractivity contribution is 7.89. The molecule has 1 aliphatic heterocycles. The van der Waals surface area contributed by atoms with E-state index in [1.807, 2.05) is 0 Å². The third-order valence-corrected chi connectivity index (χ3v) is 8.33. The molecule has 1 fully saturated rings. The van der Waals surface area contributed by atoms with Gasteiger partial charge in [0.05, 0.1) is 9.79 Å². The maximum absolute atomic E-state index is 12.8. The summed E-state index contributed by atoms with van der Waals surface area (Å²) in [4.78, 5) is -0.390. The Labute approximate surface area is 176 Å². The molecule has 164 valence electrons. The van der Waals surface area contributed by atoms with Crippen molar-refractivity contribution < 1.29 is 34.7 Å². The van der Waals surface area contributed by atoms with Crippen LogP contribution in [0.4, 0.5) is 13.2 Å². The summed E-state index contributed by atoms with van der Waals surface area (Å²) in [5.41, 5.74) is 0. The molecule has 0 aromatic heterocycles. The number of piperazine rings is 1. The van der Waals surface area contributed by atoms with Crippen LogP contribution in [0, 0.1) is 0 Å². The van der Waals surface area contributed by atoms with Gasteiger partial charge in [-0.1, -0.05) is 23.7 Å². The number of alkyl halides is 3. The van der Waals surface area contributed by atoms with Crippen molar-refractivity contribution in [1.82, 2.24) is 8.61 Å². The largest absolute Gasteiger partial charge is 0.573 e. The molecule has 7 nitrogen and oxygen atoms in total. The van der Waals surface area contributed by atoms with Gasteiger partial charge in [-0.3, -0.25) is 0 Å². The Balaban J connectivity index is 1.75. The van der Waals surface area contributed by atoms with Crippen LogP contribution in [0.3, 0.4) is 0 Å². The maximum atomic E-state index is 12.8. The molecule has 0 spiro atoms. The van der Waals surface area contributed by atoms with E-state index in [9.17, 15) is 30.0 Å². The van der Waals surface area contributed by atoms with E-state index in [2.05, 4.69) is 4.74 Å². The van der Waals surface area contributed by atoms with Crippen molar-refractivity contribution in [2.75, 3.05) is 26.2 Å². The predicted molar refractivity (Wildman–Crippen MR) is 102 cm³/mol. The molecule has 0 radical (unpaired) electrons. The second kappa shape index (κ2) is 8.35. The lowest BCUT2D eigenvalue weighted by atomic mass is 10.3. The third-order valence-electron chi connectivity index (χ3n) is 4.31. The molecular weight excluding hydrogens is 469 g/mol. The summed E-state index contributed by atoms with van der Waals surface area (Å²) in [6.45, 7) is -0.557. The zero-order valence-corrected chi connectivity index (χ0v) is 17.6. The molecule has 2 aromatic carbocycles. The highest BCUT2D eigenvalue weighted by Gasteiger charge is 2.35. The highest BCUT2D eigenvalue weighted by Crippen LogP contribution is 2.27. The minimum Gasteiger partial charge on any atom is -0.406 e. The first-order chi connectivity index (χ1) is 13.9. The van der Waals surface area contributed by atoms with Crippen molar-refractivity contribution in [2.45, 2.75) is 16.2 Å². The normalized spacial score (nSPS) is 17.1. The minimum absolute atomic E-state index is 0.0108. The number of hydrogen-bond donors (Lipinski definition) is 0. The predicted octanol–water partition coefficient (Wildman–Crippen LogP) is 2.93. The molecule has 1 saturated heterocycles. The SMILES string of the molecule is O=S(=O)(c1cccc(Cl)c1)N1CCN(S(=O)(=O)c2cccc(OC(F)(F)F)c2)CC1. The molecule has 13 heteroatoms. The van der Waals surface area contributed by atoms with Crippen molar-refractivity contribution >= 4 is 31.6 Å². The smallest absolute Gasteiger partial charge is 0.406 e. The van der Waals surface area contributed by atoms with Crippen LogP contribution in [-0.2, 0) is 20.0 Å². The number of nitrogens with zero attached hydrogens (tertiary/aromatic N) is 2. The van der Waals surface area contributed by atoms with E-state index in [4.69, 9.17) is 11.6 Å². The Bertz CT molecular complexity index is 1130. The zero-order chi connectivity index (χ0) is 22.2. The number of rotatable bonds is 5. The van der Waals surface area contributed by atoms with Crippen molar-refractivity contribution in [1.29, 1.82) is 0 Å². The van der Waals surface area contributed by atoms with Gasteiger partial charge in [-0.15, -0.1) is 13.2 Å². The summed E-state index contributed by atoms with van der Waals surface area (Å²) < 4.78 is 94.1. The van der Waals surface area contributed by atoms with Gasteiger partial charge in [0.25, 0.3) is 0 Å². The van der Waals surface area contributed by atoms with Gasteiger partial charge in [0, 0.05) is 37.3 Å². The Hall–Kier alpha value is -1.86. The standard InChI is InChI=1S/C17H16ClF3N2O5S2/c18-13-3-1-5-15(11-13)29(24,25)22-7-9-23(10-8-22)30(26,27)16-6-2-4-14(12-16)28-17(19,20)21/h1-6,11-12H,7-10H2. The third kappa shape index (κ3) is 5.06. The molecule has 30 heavy (non-hydrogen) atoms. The fraction of sp³-hybridized carbons (Fsp3) is 0.294. The molecule has 1 aliphatic rings. The minimum atomic E-state index is -4.96. The lowest BCUT2D eigenvalue weighted by molar-refractivity contribution is -0.274. The molecule has 0 N–H and O–H groups in total. The molecule has 0 atom stereocenters. The molecule has 0 amide bonds. The summed E-state index contributed by atoms with van der Waals surface area (Å²) in [5, 5.41) is 0.248. The van der Waals surface area contributed by atoms with Crippen LogP contribution in [0.5, 0.6) is 5.75 Å². The zero-order valence-electron chi connectivity index (χ0n) is 15.2. The Kier molecular flexibility index (Phi) is 6.35. The summed E-state index contributed by atoms with van der Waals surface area (Å²) in [6, 6.07) is 9.75. The second-order valence-electron chi connectivity index (χ2n) is 6.29. The van der Waals surface area contributed by atoms with Gasteiger partial charge < -0.3 is 4.74 Å². The fourth-order valence-electron chi connectivity index (χ4n) is 2.91. The topological polar surface area (TPSA) is 84.0 Å². The lowest BCUT2D eigenvalue weighted by Crippen LogP contribution is -2.50. The van der Waals surface area contributed by atoms with Crippen LogP contribution < -0.4 is 4.74 Å². The van der Waals surface area contributed by atoms with Gasteiger partial charge in [0.1, 0.15) is 5.75 Å². The van der Waals surface area contributed by atoms with Crippen LogP contribution in [-0.4, -0.2) is 58.0 Å². The van der Waals surface area contributed by atoms with Crippen LogP contribution in [0.2, 0.25) is 5.02 Å². The van der Waals surface area contributed by atoms with Gasteiger partial charge in [0.15, 0.2) is 0 Å². The second-order valence-corrected chi connectivity index (χ2v) is 10.6. The Morgan fingerprint density at radius 3 is 1.73 bits per heavy atom. The first kappa shape index (κ1) is 22.8. The van der Waals surface area contributed by atoms with E-state index in [0.717, 1.165) is 32.9 Å². The van der Waals surface area contributed by atoms with Crippen LogP contribution in [0.15, 0.2) is 58.3 Å².